The Morgan fingerprint density at radius 2 is 0.722 bits per heavy atom. The number of hydrogen-bond donors (Lipinski definition) is 9. The van der Waals surface area contributed by atoms with Crippen LogP contribution in [0.2, 0.25) is 0 Å². The van der Waals surface area contributed by atoms with Gasteiger partial charge in [-0.3, -0.25) is 4.79 Å². The first kappa shape index (κ1) is 90.0. The number of ether oxygens (including phenoxy) is 4. The van der Waals surface area contributed by atoms with Gasteiger partial charge in [-0.2, -0.15) is 0 Å². The molecule has 562 valence electrons. The summed E-state index contributed by atoms with van der Waals surface area (Å²) in [6, 6.07) is -0.946. The Balaban J connectivity index is 1.65. The van der Waals surface area contributed by atoms with Gasteiger partial charge in [0, 0.05) is 6.42 Å². The number of hydrogen-bond acceptors (Lipinski definition) is 13. The Morgan fingerprint density at radius 3 is 1.13 bits per heavy atom. The van der Waals surface area contributed by atoms with E-state index in [0.717, 1.165) is 77.0 Å². The molecule has 14 heteroatoms. The van der Waals surface area contributed by atoms with Gasteiger partial charge in [-0.15, -0.1) is 0 Å². The lowest BCUT2D eigenvalue weighted by Crippen LogP contribution is -2.65. The van der Waals surface area contributed by atoms with Crippen LogP contribution in [0.1, 0.15) is 328 Å². The standard InChI is InChI=1S/C83H147NO13/c1-3-5-7-9-11-13-15-17-19-21-23-25-27-29-31-33-35-37-38-40-42-44-46-48-50-52-54-56-58-60-62-64-66-72(87)71(70-94-82-80(93)78(91)81(74(69-86)96-82)97-83-79(92)77(90)76(89)73(68-85)95-83)84-75(88)67-65-63-61-59-57-55-53-51-49-47-45-43-41-39-36-34-32-30-28-26-24-22-20-18-16-14-12-10-8-6-4-2/h6,8,12,14,18,20,24,26,30,32,48,50,56,58,64,66,71-74,76-83,85-87,89-93H,3-5,7,9-11,13,15-17,19,21-23,25,27-29,31,33-47,49,51-55,57,59-63,65,67-70H2,1-2H3,(H,84,88)/b8-6-,14-12-,20-18-,26-24-,32-30-,50-48+,58-56+,66-64+. The van der Waals surface area contributed by atoms with Crippen molar-refractivity contribution in [2.75, 3.05) is 19.8 Å². The quantitative estimate of drug-likeness (QED) is 0.0204. The topological polar surface area (TPSA) is 228 Å². The lowest BCUT2D eigenvalue weighted by molar-refractivity contribution is -0.359. The van der Waals surface area contributed by atoms with Gasteiger partial charge >= 0.3 is 0 Å². The first-order valence-corrected chi connectivity index (χ1v) is 40.0. The van der Waals surface area contributed by atoms with Gasteiger partial charge in [-0.1, -0.05) is 329 Å². The first-order chi connectivity index (χ1) is 47.6. The third-order valence-electron chi connectivity index (χ3n) is 19.0. The Hall–Kier alpha value is -3.09. The second-order valence-corrected chi connectivity index (χ2v) is 27.8. The Labute approximate surface area is 592 Å². The second kappa shape index (κ2) is 66.2. The summed E-state index contributed by atoms with van der Waals surface area (Å²) in [7, 11) is 0. The summed E-state index contributed by atoms with van der Waals surface area (Å²) < 4.78 is 22.9. The summed E-state index contributed by atoms with van der Waals surface area (Å²) >= 11 is 0. The minimum absolute atomic E-state index is 0.253. The monoisotopic (exact) mass is 1370 g/mol. The van der Waals surface area contributed by atoms with Crippen molar-refractivity contribution in [3.63, 3.8) is 0 Å². The lowest BCUT2D eigenvalue weighted by Gasteiger charge is -2.46. The SMILES string of the molecule is CC/C=C\C/C=C\C/C=C\C/C=C\C/C=C\CCCCCCCCCCCCCCCCCC(=O)NC(COC1OC(CO)C(OC2OC(CO)C(O)C(O)C2O)C(O)C1O)C(O)/C=C/CC/C=C/CC/C=C/CCCCCCCCCCCCCCCCCCCCCCCC. The van der Waals surface area contributed by atoms with Gasteiger partial charge in [-0.25, -0.2) is 0 Å². The van der Waals surface area contributed by atoms with Crippen LogP contribution in [-0.2, 0) is 23.7 Å². The van der Waals surface area contributed by atoms with Crippen molar-refractivity contribution < 1.29 is 64.6 Å². The second-order valence-electron chi connectivity index (χ2n) is 27.8. The number of aliphatic hydroxyl groups is 8. The molecule has 0 spiro atoms. The molecule has 97 heavy (non-hydrogen) atoms. The van der Waals surface area contributed by atoms with E-state index in [0.29, 0.717) is 12.8 Å². The largest absolute Gasteiger partial charge is 0.394 e. The van der Waals surface area contributed by atoms with Crippen LogP contribution in [0.15, 0.2) is 97.2 Å². The van der Waals surface area contributed by atoms with E-state index in [-0.39, 0.29) is 18.9 Å². The van der Waals surface area contributed by atoms with Crippen molar-refractivity contribution in [2.45, 2.75) is 402 Å². The number of nitrogens with one attached hydrogen (secondary N) is 1. The molecule has 0 bridgehead atoms. The van der Waals surface area contributed by atoms with Crippen molar-refractivity contribution in [1.82, 2.24) is 5.32 Å². The number of amides is 1. The number of rotatable bonds is 66. The van der Waals surface area contributed by atoms with Gasteiger partial charge in [-0.05, 0) is 89.9 Å². The molecule has 0 saturated carbocycles. The van der Waals surface area contributed by atoms with E-state index in [2.05, 4.69) is 104 Å². The van der Waals surface area contributed by atoms with Gasteiger partial charge in [0.2, 0.25) is 5.91 Å². The van der Waals surface area contributed by atoms with Crippen LogP contribution in [0.3, 0.4) is 0 Å². The average Bonchev–Trinajstić information content (AvgIpc) is 0.794. The fraction of sp³-hybridized carbons (Fsp3) is 0.795. The molecule has 12 unspecified atom stereocenters. The molecule has 14 nitrogen and oxygen atoms in total. The van der Waals surface area contributed by atoms with Crippen LogP contribution in [0.25, 0.3) is 0 Å². The number of carbonyl (C=O) groups excluding carboxylic acids is 1. The fourth-order valence-electron chi connectivity index (χ4n) is 12.7. The molecule has 2 saturated heterocycles. The summed E-state index contributed by atoms with van der Waals surface area (Å²) in [5, 5.41) is 87.6. The molecule has 2 rings (SSSR count). The molecule has 0 aromatic rings. The fourth-order valence-corrected chi connectivity index (χ4v) is 12.7. The first-order valence-electron chi connectivity index (χ1n) is 40.0. The van der Waals surface area contributed by atoms with E-state index in [1.165, 1.54) is 218 Å². The Kier molecular flexibility index (Phi) is 61.4. The number of unbranched alkanes of at least 4 members (excludes halogenated alkanes) is 39. The van der Waals surface area contributed by atoms with Crippen molar-refractivity contribution in [1.29, 1.82) is 0 Å². The Morgan fingerprint density at radius 1 is 0.381 bits per heavy atom. The van der Waals surface area contributed by atoms with E-state index < -0.39 is 86.8 Å². The van der Waals surface area contributed by atoms with E-state index >= 15 is 0 Å². The zero-order valence-corrected chi connectivity index (χ0v) is 61.6. The highest BCUT2D eigenvalue weighted by Crippen LogP contribution is 2.30. The van der Waals surface area contributed by atoms with Crippen LogP contribution >= 0.6 is 0 Å². The highest BCUT2D eigenvalue weighted by molar-refractivity contribution is 5.76. The minimum Gasteiger partial charge on any atom is -0.394 e. The van der Waals surface area contributed by atoms with Crippen molar-refractivity contribution in [2.24, 2.45) is 0 Å². The predicted octanol–water partition coefficient (Wildman–Crippen LogP) is 18.1. The summed E-state index contributed by atoms with van der Waals surface area (Å²) in [6.07, 6.45) is 77.8. The van der Waals surface area contributed by atoms with Crippen LogP contribution in [-0.4, -0.2) is 140 Å². The molecule has 9 N–H and O–H groups in total. The van der Waals surface area contributed by atoms with Gasteiger partial charge in [0.25, 0.3) is 0 Å². The summed E-state index contributed by atoms with van der Waals surface area (Å²) in [5.41, 5.74) is 0. The summed E-state index contributed by atoms with van der Waals surface area (Å²) in [6.45, 7) is 2.70. The van der Waals surface area contributed by atoms with Crippen LogP contribution in [0, 0.1) is 0 Å². The molecule has 2 aliphatic heterocycles. The van der Waals surface area contributed by atoms with E-state index in [9.17, 15) is 45.6 Å². The smallest absolute Gasteiger partial charge is 0.220 e. The zero-order chi connectivity index (χ0) is 70.1. The molecule has 2 aliphatic rings. The third kappa shape index (κ3) is 49.2. The van der Waals surface area contributed by atoms with Gasteiger partial charge < -0.3 is 65.1 Å². The van der Waals surface area contributed by atoms with Crippen LogP contribution < -0.4 is 5.32 Å². The van der Waals surface area contributed by atoms with E-state index in [4.69, 9.17) is 18.9 Å². The van der Waals surface area contributed by atoms with Gasteiger partial charge in [0.05, 0.1) is 32.0 Å². The molecule has 0 radical (unpaired) electrons. The van der Waals surface area contributed by atoms with Gasteiger partial charge in [0.1, 0.15) is 48.8 Å². The average molecular weight is 1370 g/mol. The van der Waals surface area contributed by atoms with Crippen molar-refractivity contribution >= 4 is 5.91 Å². The van der Waals surface area contributed by atoms with Crippen molar-refractivity contribution in [3.05, 3.63) is 97.2 Å². The van der Waals surface area contributed by atoms with E-state index in [1.54, 1.807) is 6.08 Å². The highest BCUT2D eigenvalue weighted by atomic mass is 16.7. The molecule has 0 aromatic carbocycles. The molecule has 12 atom stereocenters. The maximum atomic E-state index is 13.4. The minimum atomic E-state index is -1.80. The van der Waals surface area contributed by atoms with Gasteiger partial charge in [0.15, 0.2) is 12.6 Å². The van der Waals surface area contributed by atoms with E-state index in [1.807, 2.05) is 6.08 Å². The number of aliphatic hydroxyl groups excluding tert-OH is 8. The van der Waals surface area contributed by atoms with Crippen LogP contribution in [0.4, 0.5) is 0 Å². The highest BCUT2D eigenvalue weighted by Gasteiger charge is 2.51. The molecule has 0 aliphatic carbocycles. The normalized spacial score (nSPS) is 22.7. The Bertz CT molecular complexity index is 2000. The molecule has 2 heterocycles. The molecular weight excluding hydrogens is 1220 g/mol. The maximum absolute atomic E-state index is 13.4. The maximum Gasteiger partial charge on any atom is 0.220 e. The number of allylic oxidation sites excluding steroid dienone is 15. The molecular formula is C83H147NO13. The van der Waals surface area contributed by atoms with Crippen molar-refractivity contribution in [3.8, 4) is 0 Å². The molecule has 1 amide bonds. The summed E-state index contributed by atoms with van der Waals surface area (Å²) in [4.78, 5) is 13.4. The lowest BCUT2D eigenvalue weighted by atomic mass is 9.97. The number of carbonyl (C=O) groups is 1. The van der Waals surface area contributed by atoms with Crippen LogP contribution in [0.5, 0.6) is 0 Å². The molecule has 2 fully saturated rings. The zero-order valence-electron chi connectivity index (χ0n) is 61.6. The third-order valence-corrected chi connectivity index (χ3v) is 19.0. The molecule has 0 aromatic heterocycles. The summed E-state index contributed by atoms with van der Waals surface area (Å²) in [5.74, 6) is -0.253. The predicted molar refractivity (Wildman–Crippen MR) is 401 cm³/mol.